The molecule has 0 spiro atoms. The molecule has 0 radical (unpaired) electrons. The summed E-state index contributed by atoms with van der Waals surface area (Å²) in [4.78, 5) is 20.9. The summed E-state index contributed by atoms with van der Waals surface area (Å²) in [5, 5.41) is 11.9. The molecular formula is C28H29N5OS. The Morgan fingerprint density at radius 1 is 0.971 bits per heavy atom. The van der Waals surface area contributed by atoms with Gasteiger partial charge in [0.25, 0.3) is 0 Å². The second-order valence-corrected chi connectivity index (χ2v) is 10.6. The molecule has 0 aliphatic carbocycles. The van der Waals surface area contributed by atoms with Gasteiger partial charge in [-0.1, -0.05) is 47.5 Å². The lowest BCUT2D eigenvalue weighted by Gasteiger charge is -2.21. The van der Waals surface area contributed by atoms with E-state index in [-0.39, 0.29) is 12.3 Å². The van der Waals surface area contributed by atoms with E-state index in [1.165, 1.54) is 26.4 Å². The van der Waals surface area contributed by atoms with E-state index in [2.05, 4.69) is 65.1 Å². The van der Waals surface area contributed by atoms with Crippen molar-refractivity contribution in [2.75, 3.05) is 5.32 Å². The van der Waals surface area contributed by atoms with Crippen molar-refractivity contribution < 1.29 is 4.79 Å². The van der Waals surface area contributed by atoms with Crippen LogP contribution in [0.4, 0.5) is 5.69 Å². The van der Waals surface area contributed by atoms with Crippen molar-refractivity contribution in [2.45, 2.75) is 53.6 Å². The van der Waals surface area contributed by atoms with Crippen molar-refractivity contribution in [3.05, 3.63) is 97.8 Å². The largest absolute Gasteiger partial charge is 0.326 e. The predicted molar refractivity (Wildman–Crippen MR) is 142 cm³/mol. The zero-order chi connectivity index (χ0) is 24.7. The van der Waals surface area contributed by atoms with Gasteiger partial charge in [-0.3, -0.25) is 9.79 Å². The van der Waals surface area contributed by atoms with Crippen LogP contribution in [-0.2, 0) is 11.3 Å². The third-order valence-corrected chi connectivity index (χ3v) is 7.78. The van der Waals surface area contributed by atoms with Crippen molar-refractivity contribution in [3.8, 4) is 0 Å². The number of amides is 1. The van der Waals surface area contributed by atoms with Crippen LogP contribution in [0.25, 0.3) is 0 Å². The summed E-state index contributed by atoms with van der Waals surface area (Å²) in [6, 6.07) is 15.8. The molecule has 3 heterocycles. The maximum atomic E-state index is 13.1. The van der Waals surface area contributed by atoms with Gasteiger partial charge in [0.2, 0.25) is 5.91 Å². The Balaban J connectivity index is 1.61. The van der Waals surface area contributed by atoms with Gasteiger partial charge in [-0.05, 0) is 52.3 Å². The molecule has 2 aromatic carbocycles. The maximum Gasteiger partial charge on any atom is 0.227 e. The van der Waals surface area contributed by atoms with E-state index in [1.54, 1.807) is 11.3 Å². The lowest BCUT2D eigenvalue weighted by atomic mass is 9.96. The number of hydrogen-bond donors (Lipinski definition) is 1. The highest BCUT2D eigenvalue weighted by atomic mass is 32.1. The first-order valence-electron chi connectivity index (χ1n) is 11.8. The fraction of sp³-hybridized carbons (Fsp3) is 0.286. The molecule has 7 heteroatoms. The average Bonchev–Trinajstić information content (AvgIpc) is 3.31. The zero-order valence-electron chi connectivity index (χ0n) is 20.7. The van der Waals surface area contributed by atoms with Crippen LogP contribution in [0.15, 0.2) is 53.5 Å². The molecule has 1 unspecified atom stereocenters. The number of fused-ring (bicyclic) bond motifs is 2. The number of carbonyl (C=O) groups excluding carboxylic acids is 1. The quantitative estimate of drug-likeness (QED) is 0.396. The molecule has 4 aromatic rings. The summed E-state index contributed by atoms with van der Waals surface area (Å²) in [5.74, 6) is 1.45. The number of anilines is 1. The minimum atomic E-state index is -0.453. The Labute approximate surface area is 209 Å². The molecule has 0 bridgehead atoms. The average molecular weight is 484 g/mol. The highest BCUT2D eigenvalue weighted by Gasteiger charge is 2.29. The second kappa shape index (κ2) is 9.23. The minimum Gasteiger partial charge on any atom is -0.326 e. The van der Waals surface area contributed by atoms with Crippen LogP contribution < -0.4 is 5.32 Å². The minimum absolute atomic E-state index is 0.0999. The lowest BCUT2D eigenvalue weighted by Crippen LogP contribution is -2.22. The van der Waals surface area contributed by atoms with Gasteiger partial charge >= 0.3 is 0 Å². The summed E-state index contributed by atoms with van der Waals surface area (Å²) in [5.41, 5.74) is 7.49. The smallest absolute Gasteiger partial charge is 0.227 e. The van der Waals surface area contributed by atoms with E-state index in [1.807, 2.05) is 38.1 Å². The Hall–Kier alpha value is -3.58. The van der Waals surface area contributed by atoms with Crippen LogP contribution in [0, 0.1) is 34.6 Å². The fourth-order valence-electron chi connectivity index (χ4n) is 4.47. The SMILES string of the molecule is Cc1ccc(NC(=O)CC2N=C(c3ccc(C)cc3)c3c(sc(C)c3C)Cn3c(C)nnc32)cc1. The highest BCUT2D eigenvalue weighted by Crippen LogP contribution is 2.35. The van der Waals surface area contributed by atoms with E-state index in [4.69, 9.17) is 4.99 Å². The molecule has 0 fully saturated rings. The van der Waals surface area contributed by atoms with Crippen LogP contribution in [0.3, 0.4) is 0 Å². The highest BCUT2D eigenvalue weighted by molar-refractivity contribution is 7.12. The Morgan fingerprint density at radius 2 is 1.63 bits per heavy atom. The molecule has 6 nitrogen and oxygen atoms in total. The Bertz CT molecular complexity index is 1430. The van der Waals surface area contributed by atoms with Crippen LogP contribution in [0.1, 0.15) is 61.7 Å². The van der Waals surface area contributed by atoms with Gasteiger partial charge in [0.1, 0.15) is 11.9 Å². The van der Waals surface area contributed by atoms with Crippen molar-refractivity contribution in [3.63, 3.8) is 0 Å². The number of benzene rings is 2. The number of nitrogens with one attached hydrogen (secondary N) is 1. The monoisotopic (exact) mass is 483 g/mol. The number of hydrogen-bond acceptors (Lipinski definition) is 5. The van der Waals surface area contributed by atoms with Gasteiger partial charge in [-0.15, -0.1) is 21.5 Å². The number of rotatable bonds is 4. The van der Waals surface area contributed by atoms with E-state index >= 15 is 0 Å². The van der Waals surface area contributed by atoms with E-state index in [0.29, 0.717) is 6.54 Å². The molecule has 1 aliphatic rings. The van der Waals surface area contributed by atoms with Crippen LogP contribution in [0.2, 0.25) is 0 Å². The van der Waals surface area contributed by atoms with Gasteiger partial charge in [0.05, 0.1) is 18.7 Å². The Kier molecular flexibility index (Phi) is 6.11. The first kappa shape index (κ1) is 23.2. The van der Waals surface area contributed by atoms with Crippen LogP contribution in [0.5, 0.6) is 0 Å². The first-order valence-corrected chi connectivity index (χ1v) is 12.6. The van der Waals surface area contributed by atoms with Gasteiger partial charge in [-0.25, -0.2) is 0 Å². The molecule has 35 heavy (non-hydrogen) atoms. The molecule has 5 rings (SSSR count). The van der Waals surface area contributed by atoms with Gasteiger partial charge in [0, 0.05) is 26.6 Å². The first-order chi connectivity index (χ1) is 16.8. The number of aryl methyl sites for hydroxylation is 4. The topological polar surface area (TPSA) is 72.2 Å². The molecule has 178 valence electrons. The predicted octanol–water partition coefficient (Wildman–Crippen LogP) is 5.85. The molecule has 1 atom stereocenters. The van der Waals surface area contributed by atoms with Crippen molar-refractivity contribution in [2.24, 2.45) is 4.99 Å². The third kappa shape index (κ3) is 4.56. The third-order valence-electron chi connectivity index (χ3n) is 6.58. The van der Waals surface area contributed by atoms with E-state index < -0.39 is 6.04 Å². The molecule has 0 saturated carbocycles. The van der Waals surface area contributed by atoms with Crippen molar-refractivity contribution >= 4 is 28.6 Å². The second-order valence-electron chi connectivity index (χ2n) is 9.25. The van der Waals surface area contributed by atoms with Crippen molar-refractivity contribution in [1.82, 2.24) is 14.8 Å². The standard InChI is InChI=1S/C28H29N5OS/c1-16-6-10-21(11-7-16)27-26-18(3)19(4)35-24(26)15-33-20(5)31-32-28(33)23(30-27)14-25(34)29-22-12-8-17(2)9-13-22/h6-13,23H,14-15H2,1-5H3,(H,29,34). The molecule has 1 aliphatic heterocycles. The lowest BCUT2D eigenvalue weighted by molar-refractivity contribution is -0.116. The summed E-state index contributed by atoms with van der Waals surface area (Å²) in [7, 11) is 0. The van der Waals surface area contributed by atoms with E-state index in [0.717, 1.165) is 34.2 Å². The van der Waals surface area contributed by atoms with E-state index in [9.17, 15) is 4.79 Å². The summed E-state index contributed by atoms with van der Waals surface area (Å²) >= 11 is 1.80. The molecule has 1 N–H and O–H groups in total. The number of thiophene rings is 1. The fourth-order valence-corrected chi connectivity index (χ4v) is 5.64. The molecule has 2 aromatic heterocycles. The van der Waals surface area contributed by atoms with Gasteiger partial charge in [0.15, 0.2) is 5.82 Å². The molecule has 1 amide bonds. The van der Waals surface area contributed by atoms with Gasteiger partial charge in [-0.2, -0.15) is 0 Å². The van der Waals surface area contributed by atoms with Crippen LogP contribution >= 0.6 is 11.3 Å². The number of aromatic nitrogens is 3. The number of aliphatic imine (C=N–C) groups is 1. The summed E-state index contributed by atoms with van der Waals surface area (Å²) in [6.07, 6.45) is 0.179. The zero-order valence-corrected chi connectivity index (χ0v) is 21.5. The normalized spacial score (nSPS) is 15.0. The van der Waals surface area contributed by atoms with Gasteiger partial charge < -0.3 is 9.88 Å². The summed E-state index contributed by atoms with van der Waals surface area (Å²) < 4.78 is 2.10. The number of carbonyl (C=O) groups is 1. The Morgan fingerprint density at radius 3 is 2.31 bits per heavy atom. The number of nitrogens with zero attached hydrogens (tertiary/aromatic N) is 4. The van der Waals surface area contributed by atoms with Crippen molar-refractivity contribution in [1.29, 1.82) is 0 Å². The maximum absolute atomic E-state index is 13.1. The molecular weight excluding hydrogens is 454 g/mol. The molecule has 0 saturated heterocycles. The summed E-state index contributed by atoms with van der Waals surface area (Å²) in [6.45, 7) is 11.1. The van der Waals surface area contributed by atoms with Crippen LogP contribution in [-0.4, -0.2) is 26.4 Å².